The van der Waals surface area contributed by atoms with Gasteiger partial charge in [0.15, 0.2) is 0 Å². The van der Waals surface area contributed by atoms with Crippen molar-refractivity contribution in [3.8, 4) is 0 Å². The van der Waals surface area contributed by atoms with E-state index in [-0.39, 0.29) is 6.04 Å². The number of hydrogen-bond donors (Lipinski definition) is 1. The second-order valence-electron chi connectivity index (χ2n) is 4.40. The molecule has 2 aromatic carbocycles. The molecule has 0 saturated carbocycles. The minimum absolute atomic E-state index is 0.0351. The van der Waals surface area contributed by atoms with Crippen LogP contribution >= 0.6 is 34.8 Å². The molecule has 0 bridgehead atoms. The van der Waals surface area contributed by atoms with Gasteiger partial charge < -0.3 is 5.32 Å². The molecule has 0 aliphatic rings. The highest BCUT2D eigenvalue weighted by molar-refractivity contribution is 6.42. The van der Waals surface area contributed by atoms with E-state index < -0.39 is 0 Å². The predicted molar refractivity (Wildman–Crippen MR) is 83.6 cm³/mol. The van der Waals surface area contributed by atoms with Gasteiger partial charge in [-0.1, -0.05) is 53.0 Å². The fraction of sp³-hybridized carbons (Fsp3) is 0.200. The Morgan fingerprint density at radius 3 is 1.95 bits per heavy atom. The van der Waals surface area contributed by atoms with Gasteiger partial charge >= 0.3 is 0 Å². The maximum atomic E-state index is 6.18. The first kappa shape index (κ1) is 14.7. The minimum Gasteiger partial charge on any atom is -0.309 e. The van der Waals surface area contributed by atoms with Crippen molar-refractivity contribution in [2.24, 2.45) is 0 Å². The lowest BCUT2D eigenvalue weighted by Crippen LogP contribution is -2.17. The first-order valence-corrected chi connectivity index (χ1v) is 7.04. The predicted octanol–water partition coefficient (Wildman–Crippen LogP) is 5.26. The molecule has 0 aliphatic heterocycles. The molecular formula is C15H14Cl3N. The molecule has 1 unspecified atom stereocenters. The zero-order chi connectivity index (χ0) is 14.0. The lowest BCUT2D eigenvalue weighted by molar-refractivity contribution is 0.692. The standard InChI is InChI=1S/C15H14Cl3N/c1-9-3-4-10(7-13(9)17)15(19-2)11-5-6-12(16)14(18)8-11/h3-8,15,19H,1-2H3. The zero-order valence-electron chi connectivity index (χ0n) is 10.7. The van der Waals surface area contributed by atoms with Gasteiger partial charge in [0, 0.05) is 5.02 Å². The zero-order valence-corrected chi connectivity index (χ0v) is 12.9. The van der Waals surface area contributed by atoms with Crippen molar-refractivity contribution in [1.82, 2.24) is 5.32 Å². The molecule has 1 nitrogen and oxygen atoms in total. The Morgan fingerprint density at radius 1 is 0.842 bits per heavy atom. The van der Waals surface area contributed by atoms with E-state index in [0.717, 1.165) is 21.7 Å². The largest absolute Gasteiger partial charge is 0.309 e. The molecule has 0 aromatic heterocycles. The Hall–Kier alpha value is -0.730. The molecule has 0 amide bonds. The van der Waals surface area contributed by atoms with Crippen LogP contribution in [0, 0.1) is 6.92 Å². The SMILES string of the molecule is CNC(c1ccc(C)c(Cl)c1)c1ccc(Cl)c(Cl)c1. The normalized spacial score (nSPS) is 12.5. The molecule has 1 atom stereocenters. The average Bonchev–Trinajstić information content (AvgIpc) is 2.39. The number of benzene rings is 2. The third-order valence-corrected chi connectivity index (χ3v) is 4.24. The number of hydrogen-bond acceptors (Lipinski definition) is 1. The Balaban J connectivity index is 2.43. The summed E-state index contributed by atoms with van der Waals surface area (Å²) in [5, 5.41) is 5.14. The van der Waals surface area contributed by atoms with Crippen LogP contribution in [0.5, 0.6) is 0 Å². The van der Waals surface area contributed by atoms with Gasteiger partial charge in [0.05, 0.1) is 16.1 Å². The van der Waals surface area contributed by atoms with Crippen molar-refractivity contribution < 1.29 is 0 Å². The number of nitrogens with one attached hydrogen (secondary N) is 1. The van der Waals surface area contributed by atoms with Gasteiger partial charge in [-0.2, -0.15) is 0 Å². The quantitative estimate of drug-likeness (QED) is 0.814. The van der Waals surface area contributed by atoms with Gasteiger partial charge in [0.25, 0.3) is 0 Å². The highest BCUT2D eigenvalue weighted by atomic mass is 35.5. The fourth-order valence-corrected chi connectivity index (χ4v) is 2.50. The van der Waals surface area contributed by atoms with Gasteiger partial charge in [0.1, 0.15) is 0 Å². The Kier molecular flexibility index (Phi) is 4.75. The number of aryl methyl sites for hydroxylation is 1. The van der Waals surface area contributed by atoms with E-state index in [1.807, 2.05) is 38.2 Å². The van der Waals surface area contributed by atoms with Crippen LogP contribution in [0.1, 0.15) is 22.7 Å². The molecule has 0 saturated heterocycles. The maximum absolute atomic E-state index is 6.18. The summed E-state index contributed by atoms with van der Waals surface area (Å²) >= 11 is 18.2. The first-order chi connectivity index (χ1) is 9.02. The Morgan fingerprint density at radius 2 is 1.42 bits per heavy atom. The summed E-state index contributed by atoms with van der Waals surface area (Å²) in [5.74, 6) is 0. The fourth-order valence-electron chi connectivity index (χ4n) is 2.01. The van der Waals surface area contributed by atoms with E-state index in [2.05, 4.69) is 11.4 Å². The van der Waals surface area contributed by atoms with Gasteiger partial charge in [-0.05, 0) is 48.9 Å². The minimum atomic E-state index is 0.0351. The van der Waals surface area contributed by atoms with Crippen LogP contribution in [0.25, 0.3) is 0 Å². The third kappa shape index (κ3) is 3.24. The molecule has 2 aromatic rings. The van der Waals surface area contributed by atoms with Crippen molar-refractivity contribution in [1.29, 1.82) is 0 Å². The molecule has 19 heavy (non-hydrogen) atoms. The second kappa shape index (κ2) is 6.15. The summed E-state index contributed by atoms with van der Waals surface area (Å²) in [6.07, 6.45) is 0. The Labute approximate surface area is 128 Å². The van der Waals surface area contributed by atoms with Crippen molar-refractivity contribution in [3.05, 3.63) is 68.2 Å². The van der Waals surface area contributed by atoms with Crippen LogP contribution in [0.3, 0.4) is 0 Å². The molecular weight excluding hydrogens is 301 g/mol. The molecule has 1 N–H and O–H groups in total. The van der Waals surface area contributed by atoms with Crippen LogP contribution in [0.4, 0.5) is 0 Å². The summed E-state index contributed by atoms with van der Waals surface area (Å²) in [6, 6.07) is 11.7. The van der Waals surface area contributed by atoms with Crippen molar-refractivity contribution >= 4 is 34.8 Å². The summed E-state index contributed by atoms with van der Waals surface area (Å²) < 4.78 is 0. The molecule has 0 fully saturated rings. The van der Waals surface area contributed by atoms with Gasteiger partial charge in [0.2, 0.25) is 0 Å². The van der Waals surface area contributed by atoms with Crippen LogP contribution in [0.15, 0.2) is 36.4 Å². The number of rotatable bonds is 3. The molecule has 0 radical (unpaired) electrons. The van der Waals surface area contributed by atoms with Gasteiger partial charge in [-0.25, -0.2) is 0 Å². The second-order valence-corrected chi connectivity index (χ2v) is 5.63. The topological polar surface area (TPSA) is 12.0 Å². The maximum Gasteiger partial charge on any atom is 0.0595 e. The molecule has 100 valence electrons. The van der Waals surface area contributed by atoms with E-state index in [0.29, 0.717) is 10.0 Å². The van der Waals surface area contributed by atoms with Crippen molar-refractivity contribution in [3.63, 3.8) is 0 Å². The monoisotopic (exact) mass is 313 g/mol. The number of halogens is 3. The average molecular weight is 315 g/mol. The molecule has 0 spiro atoms. The summed E-state index contributed by atoms with van der Waals surface area (Å²) in [6.45, 7) is 1.99. The van der Waals surface area contributed by atoms with Crippen LogP contribution in [0.2, 0.25) is 15.1 Å². The highest BCUT2D eigenvalue weighted by Crippen LogP contribution is 2.30. The smallest absolute Gasteiger partial charge is 0.0595 e. The van der Waals surface area contributed by atoms with Crippen molar-refractivity contribution in [2.75, 3.05) is 7.05 Å². The molecule has 0 heterocycles. The van der Waals surface area contributed by atoms with E-state index in [1.165, 1.54) is 0 Å². The van der Waals surface area contributed by atoms with Gasteiger partial charge in [-0.15, -0.1) is 0 Å². The van der Waals surface area contributed by atoms with E-state index in [4.69, 9.17) is 34.8 Å². The van der Waals surface area contributed by atoms with Gasteiger partial charge in [-0.3, -0.25) is 0 Å². The highest BCUT2D eigenvalue weighted by Gasteiger charge is 2.14. The van der Waals surface area contributed by atoms with E-state index in [1.54, 1.807) is 6.07 Å². The molecule has 4 heteroatoms. The van der Waals surface area contributed by atoms with Crippen LogP contribution < -0.4 is 5.32 Å². The molecule has 2 rings (SSSR count). The summed E-state index contributed by atoms with van der Waals surface area (Å²) in [4.78, 5) is 0. The first-order valence-electron chi connectivity index (χ1n) is 5.91. The van der Waals surface area contributed by atoms with E-state index in [9.17, 15) is 0 Å². The Bertz CT molecular complexity index is 544. The lowest BCUT2D eigenvalue weighted by Gasteiger charge is -2.18. The summed E-state index contributed by atoms with van der Waals surface area (Å²) in [5.41, 5.74) is 3.21. The van der Waals surface area contributed by atoms with Crippen LogP contribution in [-0.4, -0.2) is 7.05 Å². The third-order valence-electron chi connectivity index (χ3n) is 3.09. The van der Waals surface area contributed by atoms with E-state index >= 15 is 0 Å². The van der Waals surface area contributed by atoms with Crippen molar-refractivity contribution in [2.45, 2.75) is 13.0 Å². The summed E-state index contributed by atoms with van der Waals surface area (Å²) in [7, 11) is 1.90. The van der Waals surface area contributed by atoms with Crippen LogP contribution in [-0.2, 0) is 0 Å². The molecule has 0 aliphatic carbocycles. The lowest BCUT2D eigenvalue weighted by atomic mass is 9.98.